The van der Waals surface area contributed by atoms with Crippen molar-refractivity contribution in [3.8, 4) is 11.5 Å². The fourth-order valence-corrected chi connectivity index (χ4v) is 5.65. The number of carboxylic acid groups (broad SMARTS) is 1. The van der Waals surface area contributed by atoms with Gasteiger partial charge in [-0.15, -0.1) is 0 Å². The first kappa shape index (κ1) is 26.3. The van der Waals surface area contributed by atoms with Crippen LogP contribution in [0.4, 0.5) is 10.5 Å². The molecule has 2 fully saturated rings. The summed E-state index contributed by atoms with van der Waals surface area (Å²) >= 11 is 0. The van der Waals surface area contributed by atoms with Gasteiger partial charge < -0.3 is 34.7 Å². The van der Waals surface area contributed by atoms with Crippen molar-refractivity contribution in [2.45, 2.75) is 31.5 Å². The number of likely N-dealkylation sites (tertiary alicyclic amines) is 1. The van der Waals surface area contributed by atoms with Crippen LogP contribution in [0.25, 0.3) is 33.6 Å². The molecule has 40 heavy (non-hydrogen) atoms. The second-order valence-electron chi connectivity index (χ2n) is 11.4. The van der Waals surface area contributed by atoms with Gasteiger partial charge in [-0.1, -0.05) is 12.2 Å². The predicted octanol–water partition coefficient (Wildman–Crippen LogP) is 3.85. The number of nitrogens with one attached hydrogen (secondary N) is 2. The van der Waals surface area contributed by atoms with Crippen molar-refractivity contribution in [3.63, 3.8) is 0 Å². The van der Waals surface area contributed by atoms with Crippen LogP contribution in [0.3, 0.4) is 0 Å². The highest BCUT2D eigenvalue weighted by Gasteiger charge is 2.35. The summed E-state index contributed by atoms with van der Waals surface area (Å²) in [6, 6.07) is 12.5. The van der Waals surface area contributed by atoms with E-state index in [1.165, 1.54) is 17.7 Å². The van der Waals surface area contributed by atoms with Crippen LogP contribution in [-0.2, 0) is 13.6 Å². The summed E-state index contributed by atoms with van der Waals surface area (Å²) in [5.41, 5.74) is 5.00. The molecule has 6 rings (SSSR count). The summed E-state index contributed by atoms with van der Waals surface area (Å²) in [5.74, 6) is 1.64. The highest BCUT2D eigenvalue weighted by atomic mass is 16.4. The molecule has 2 atom stereocenters. The maximum absolute atomic E-state index is 11.7. The van der Waals surface area contributed by atoms with Gasteiger partial charge in [0.05, 0.1) is 22.8 Å². The summed E-state index contributed by atoms with van der Waals surface area (Å²) in [7, 11) is 6.13. The van der Waals surface area contributed by atoms with E-state index in [0.29, 0.717) is 25.6 Å². The molecule has 2 aliphatic rings. The Morgan fingerprint density at radius 3 is 2.75 bits per heavy atom. The summed E-state index contributed by atoms with van der Waals surface area (Å²) in [4.78, 5) is 25.1. The van der Waals surface area contributed by atoms with E-state index in [9.17, 15) is 9.90 Å². The Morgan fingerprint density at radius 1 is 1.15 bits per heavy atom. The zero-order valence-corrected chi connectivity index (χ0v) is 23.4. The monoisotopic (exact) mass is 542 g/mol. The van der Waals surface area contributed by atoms with Crippen molar-refractivity contribution >= 4 is 33.8 Å². The van der Waals surface area contributed by atoms with Gasteiger partial charge in [0.1, 0.15) is 5.65 Å². The zero-order valence-electron chi connectivity index (χ0n) is 23.4. The lowest BCUT2D eigenvalue weighted by molar-refractivity contribution is 0.154. The molecule has 1 aliphatic heterocycles. The number of likely N-dealkylation sites (N-methyl/N-ethyl adjacent to an activating group) is 1. The molecule has 0 bridgehead atoms. The number of imidazole rings is 1. The Kier molecular flexibility index (Phi) is 7.20. The molecule has 0 spiro atoms. The maximum atomic E-state index is 11.7. The number of carbonyl (C=O) groups is 1. The largest absolute Gasteiger partial charge is 0.465 e. The van der Waals surface area contributed by atoms with Gasteiger partial charge in [0.25, 0.3) is 0 Å². The van der Waals surface area contributed by atoms with E-state index in [1.807, 2.05) is 26.4 Å². The van der Waals surface area contributed by atoms with Gasteiger partial charge >= 0.3 is 6.09 Å². The first-order valence-electron chi connectivity index (χ1n) is 14.1. The van der Waals surface area contributed by atoms with Gasteiger partial charge in [0, 0.05) is 63.1 Å². The van der Waals surface area contributed by atoms with Crippen molar-refractivity contribution in [2.24, 2.45) is 13.0 Å². The highest BCUT2D eigenvalue weighted by Crippen LogP contribution is 2.36. The van der Waals surface area contributed by atoms with Crippen molar-refractivity contribution in [1.29, 1.82) is 0 Å². The molecule has 1 saturated carbocycles. The lowest BCUT2D eigenvalue weighted by Crippen LogP contribution is -2.43. The van der Waals surface area contributed by atoms with Gasteiger partial charge in [-0.25, -0.2) is 14.8 Å². The first-order chi connectivity index (χ1) is 19.4. The average molecular weight is 543 g/mol. The van der Waals surface area contributed by atoms with E-state index in [0.717, 1.165) is 52.4 Å². The molecule has 1 aliphatic carbocycles. The number of pyridine rings is 1. The third-order valence-corrected chi connectivity index (χ3v) is 7.98. The SMILES string of the molecule is CN(C)C/C=C/CN[C@@H]1CN(C(=O)O)C[C@H]1Nc1ccc2c(c1)nc(-c1cc3cccnc3n1CC1CC1)n2C. The van der Waals surface area contributed by atoms with Crippen molar-refractivity contribution in [2.75, 3.05) is 45.6 Å². The molecular formula is C30H38N8O2. The molecule has 3 N–H and O–H groups in total. The van der Waals surface area contributed by atoms with Crippen LogP contribution in [0, 0.1) is 5.92 Å². The van der Waals surface area contributed by atoms with Gasteiger partial charge in [-0.05, 0) is 69.3 Å². The minimum atomic E-state index is -0.889. The third kappa shape index (κ3) is 5.41. The number of benzene rings is 1. The minimum absolute atomic E-state index is 0.000673. The number of aryl methyl sites for hydroxylation is 1. The van der Waals surface area contributed by atoms with Crippen LogP contribution in [0.1, 0.15) is 12.8 Å². The Labute approximate surface area is 234 Å². The number of rotatable bonds is 10. The van der Waals surface area contributed by atoms with Gasteiger partial charge in [-0.2, -0.15) is 0 Å². The van der Waals surface area contributed by atoms with E-state index in [1.54, 1.807) is 0 Å². The number of anilines is 1. The Balaban J connectivity index is 1.25. The van der Waals surface area contributed by atoms with Crippen LogP contribution in [0.15, 0.2) is 54.7 Å². The number of aromatic nitrogens is 4. The van der Waals surface area contributed by atoms with Gasteiger partial charge in [-0.3, -0.25) is 0 Å². The number of hydrogen-bond donors (Lipinski definition) is 3. The molecular weight excluding hydrogens is 504 g/mol. The van der Waals surface area contributed by atoms with Crippen LogP contribution in [0.2, 0.25) is 0 Å². The Morgan fingerprint density at radius 2 is 1.98 bits per heavy atom. The maximum Gasteiger partial charge on any atom is 0.407 e. The fraction of sp³-hybridized carbons (Fsp3) is 0.433. The van der Waals surface area contributed by atoms with E-state index >= 15 is 0 Å². The molecule has 3 aromatic heterocycles. The minimum Gasteiger partial charge on any atom is -0.465 e. The van der Waals surface area contributed by atoms with Crippen molar-refractivity contribution in [3.05, 3.63) is 54.7 Å². The molecule has 1 aromatic carbocycles. The Bertz CT molecular complexity index is 1550. The average Bonchev–Trinajstić information content (AvgIpc) is 3.42. The van der Waals surface area contributed by atoms with E-state index in [2.05, 4.69) is 79.2 Å². The van der Waals surface area contributed by atoms with E-state index in [-0.39, 0.29) is 12.1 Å². The fourth-order valence-electron chi connectivity index (χ4n) is 5.65. The van der Waals surface area contributed by atoms with Crippen LogP contribution in [0.5, 0.6) is 0 Å². The first-order valence-corrected chi connectivity index (χ1v) is 14.1. The molecule has 1 saturated heterocycles. The van der Waals surface area contributed by atoms with Crippen LogP contribution < -0.4 is 10.6 Å². The molecule has 10 nitrogen and oxygen atoms in total. The van der Waals surface area contributed by atoms with Gasteiger partial charge in [0.2, 0.25) is 0 Å². The number of nitrogens with zero attached hydrogens (tertiary/aromatic N) is 6. The van der Waals surface area contributed by atoms with Crippen molar-refractivity contribution in [1.82, 2.24) is 34.2 Å². The van der Waals surface area contributed by atoms with E-state index < -0.39 is 6.09 Å². The normalized spacial score (nSPS) is 19.6. The standard InChI is InChI=1S/C30H38N8O2/c1-35(2)14-5-4-12-31-24-18-37(30(39)40)19-25(24)33-22-10-11-26-23(16-22)34-29(36(26)3)27-15-21-7-6-13-32-28(21)38(27)17-20-8-9-20/h4-7,10-11,13,15-16,20,24-25,31,33H,8-9,12,14,17-19H2,1-3H3,(H,39,40)/b5-4+/t24-,25-/m1/s1. The highest BCUT2D eigenvalue weighted by molar-refractivity contribution is 5.87. The van der Waals surface area contributed by atoms with Crippen LogP contribution in [-0.4, -0.2) is 92.5 Å². The quantitative estimate of drug-likeness (QED) is 0.262. The molecule has 1 amide bonds. The zero-order chi connectivity index (χ0) is 27.8. The molecule has 0 radical (unpaired) electrons. The third-order valence-electron chi connectivity index (χ3n) is 7.98. The molecule has 0 unspecified atom stereocenters. The van der Waals surface area contributed by atoms with Gasteiger partial charge in [0.15, 0.2) is 5.82 Å². The summed E-state index contributed by atoms with van der Waals surface area (Å²) < 4.78 is 4.48. The topological polar surface area (TPSA) is 103 Å². The van der Waals surface area contributed by atoms with Crippen molar-refractivity contribution < 1.29 is 9.90 Å². The second-order valence-corrected chi connectivity index (χ2v) is 11.4. The summed E-state index contributed by atoms with van der Waals surface area (Å²) in [6.45, 7) is 3.40. The lowest BCUT2D eigenvalue weighted by atomic mass is 10.1. The molecule has 210 valence electrons. The molecule has 4 heterocycles. The second kappa shape index (κ2) is 10.9. The number of hydrogen-bond acceptors (Lipinski definition) is 6. The predicted molar refractivity (Wildman–Crippen MR) is 159 cm³/mol. The lowest BCUT2D eigenvalue weighted by Gasteiger charge is -2.21. The summed E-state index contributed by atoms with van der Waals surface area (Å²) in [6.07, 6.45) is 7.73. The number of amides is 1. The number of fused-ring (bicyclic) bond motifs is 2. The van der Waals surface area contributed by atoms with E-state index in [4.69, 9.17) is 4.98 Å². The molecule has 4 aromatic rings. The van der Waals surface area contributed by atoms with Crippen LogP contribution >= 0.6 is 0 Å². The smallest absolute Gasteiger partial charge is 0.407 e. The summed E-state index contributed by atoms with van der Waals surface area (Å²) in [5, 5.41) is 17.9. The Hall–Kier alpha value is -3.89. The molecule has 10 heteroatoms.